The van der Waals surface area contributed by atoms with Crippen LogP contribution in [0.4, 0.5) is 4.79 Å². The molecule has 1 aliphatic heterocycles. The molecular formula is C16H19N3O3S. The van der Waals surface area contributed by atoms with Crippen LogP contribution in [0.2, 0.25) is 0 Å². The Labute approximate surface area is 138 Å². The third kappa shape index (κ3) is 4.00. The van der Waals surface area contributed by atoms with Gasteiger partial charge in [0.1, 0.15) is 10.8 Å². The lowest BCUT2D eigenvalue weighted by Gasteiger charge is -2.15. The number of benzene rings is 1. The van der Waals surface area contributed by atoms with Crippen molar-refractivity contribution >= 4 is 17.4 Å². The molecular weight excluding hydrogens is 314 g/mol. The fraction of sp³-hybridized carbons (Fsp3) is 0.375. The van der Waals surface area contributed by atoms with E-state index in [9.17, 15) is 4.79 Å². The van der Waals surface area contributed by atoms with Gasteiger partial charge in [-0.3, -0.25) is 0 Å². The van der Waals surface area contributed by atoms with Gasteiger partial charge in [0, 0.05) is 36.3 Å². The summed E-state index contributed by atoms with van der Waals surface area (Å²) in [7, 11) is 0. The summed E-state index contributed by atoms with van der Waals surface area (Å²) in [6.07, 6.45) is 3.57. The van der Waals surface area contributed by atoms with Gasteiger partial charge in [-0.2, -0.15) is 0 Å². The van der Waals surface area contributed by atoms with Crippen LogP contribution >= 0.6 is 11.3 Å². The summed E-state index contributed by atoms with van der Waals surface area (Å²) in [4.78, 5) is 18.8. The molecule has 0 bridgehead atoms. The van der Waals surface area contributed by atoms with E-state index >= 15 is 0 Å². The molecule has 2 aromatic rings. The quantitative estimate of drug-likeness (QED) is 0.851. The van der Waals surface area contributed by atoms with Crippen LogP contribution in [-0.4, -0.2) is 35.9 Å². The molecule has 0 atom stereocenters. The van der Waals surface area contributed by atoms with Crippen molar-refractivity contribution in [1.29, 1.82) is 0 Å². The van der Waals surface area contributed by atoms with Gasteiger partial charge in [-0.05, 0) is 37.1 Å². The number of nitrogens with zero attached hydrogens (tertiary/aromatic N) is 2. The summed E-state index contributed by atoms with van der Waals surface area (Å²) in [5, 5.41) is 0.928. The smallest absolute Gasteiger partial charge is 0.412 e. The summed E-state index contributed by atoms with van der Waals surface area (Å²) in [5.41, 5.74) is 6.61. The minimum absolute atomic E-state index is 0.0801. The first kappa shape index (κ1) is 15.8. The van der Waals surface area contributed by atoms with Crippen LogP contribution in [0.3, 0.4) is 0 Å². The van der Waals surface area contributed by atoms with Crippen molar-refractivity contribution in [2.45, 2.75) is 19.4 Å². The molecule has 3 rings (SSSR count). The zero-order chi connectivity index (χ0) is 16.1. The number of carbonyl (C=O) groups is 1. The third-order valence-electron chi connectivity index (χ3n) is 3.63. The molecule has 0 unspecified atom stereocenters. The molecule has 1 saturated heterocycles. The van der Waals surface area contributed by atoms with Gasteiger partial charge in [0.15, 0.2) is 0 Å². The Morgan fingerprint density at radius 2 is 2.00 bits per heavy atom. The number of rotatable bonds is 5. The Morgan fingerprint density at radius 1 is 1.26 bits per heavy atom. The normalized spacial score (nSPS) is 14.0. The van der Waals surface area contributed by atoms with Crippen molar-refractivity contribution in [2.24, 2.45) is 5.73 Å². The highest BCUT2D eigenvalue weighted by Gasteiger charge is 2.18. The summed E-state index contributed by atoms with van der Waals surface area (Å²) >= 11 is 1.58. The first-order chi connectivity index (χ1) is 11.3. The van der Waals surface area contributed by atoms with Gasteiger partial charge in [0.05, 0.1) is 0 Å². The van der Waals surface area contributed by atoms with E-state index in [1.165, 1.54) is 0 Å². The molecule has 1 amide bonds. The molecule has 1 aliphatic rings. The molecule has 1 fully saturated rings. The Hall–Kier alpha value is -2.12. The molecule has 1 aromatic carbocycles. The predicted molar refractivity (Wildman–Crippen MR) is 88.2 cm³/mol. The number of amides is 1. The maximum absolute atomic E-state index is 11.7. The van der Waals surface area contributed by atoms with Crippen LogP contribution in [0.1, 0.15) is 17.7 Å². The number of thiazole rings is 1. The lowest BCUT2D eigenvalue weighted by molar-refractivity contribution is 0.0391. The molecule has 2 N–H and O–H groups in total. The highest BCUT2D eigenvalue weighted by atomic mass is 32.1. The Morgan fingerprint density at radius 3 is 2.65 bits per heavy atom. The number of aromatic nitrogens is 1. The Bertz CT molecular complexity index is 651. The second-order valence-corrected chi connectivity index (χ2v) is 6.34. The summed E-state index contributed by atoms with van der Waals surface area (Å²) in [6, 6.07) is 7.53. The fourth-order valence-corrected chi connectivity index (χ4v) is 3.16. The minimum atomic E-state index is -0.309. The molecule has 0 radical (unpaired) electrons. The maximum atomic E-state index is 11.7. The number of hydrogen-bond acceptors (Lipinski definition) is 6. The van der Waals surface area contributed by atoms with Gasteiger partial charge in [-0.15, -0.1) is 11.3 Å². The predicted octanol–water partition coefficient (Wildman–Crippen LogP) is 2.84. The third-order valence-corrected chi connectivity index (χ3v) is 4.70. The van der Waals surface area contributed by atoms with Crippen molar-refractivity contribution in [3.63, 3.8) is 0 Å². The zero-order valence-electron chi connectivity index (χ0n) is 12.7. The van der Waals surface area contributed by atoms with Gasteiger partial charge in [0.25, 0.3) is 0 Å². The van der Waals surface area contributed by atoms with Crippen LogP contribution in [0, 0.1) is 0 Å². The van der Waals surface area contributed by atoms with Crippen molar-refractivity contribution in [2.75, 3.05) is 19.9 Å². The van der Waals surface area contributed by atoms with E-state index in [1.807, 2.05) is 24.3 Å². The van der Waals surface area contributed by atoms with Gasteiger partial charge >= 0.3 is 6.09 Å². The van der Waals surface area contributed by atoms with Crippen LogP contribution in [0.15, 0.2) is 30.5 Å². The summed E-state index contributed by atoms with van der Waals surface area (Å²) in [6.45, 7) is 1.96. The molecule has 0 saturated carbocycles. The van der Waals surface area contributed by atoms with Gasteiger partial charge in [-0.25, -0.2) is 9.78 Å². The Kier molecular flexibility index (Phi) is 5.09. The van der Waals surface area contributed by atoms with E-state index < -0.39 is 0 Å². The molecule has 2 heterocycles. The highest BCUT2D eigenvalue weighted by Crippen LogP contribution is 2.26. The van der Waals surface area contributed by atoms with Crippen molar-refractivity contribution in [3.8, 4) is 16.3 Å². The topological polar surface area (TPSA) is 77.7 Å². The first-order valence-electron chi connectivity index (χ1n) is 7.56. The standard InChI is InChI=1S/C16H19N3O3S/c17-9-14-10-18-15(23-14)12-3-5-13(6-4-12)21-11-22-16(20)19-7-1-2-8-19/h3-6,10H,1-2,7-9,11,17H2. The maximum Gasteiger partial charge on any atom is 0.412 e. The van der Waals surface area contributed by atoms with E-state index in [4.69, 9.17) is 15.2 Å². The van der Waals surface area contributed by atoms with E-state index in [2.05, 4.69) is 4.98 Å². The van der Waals surface area contributed by atoms with Gasteiger partial charge in [0.2, 0.25) is 6.79 Å². The molecule has 1 aromatic heterocycles. The average molecular weight is 333 g/mol. The number of carbonyl (C=O) groups excluding carboxylic acids is 1. The van der Waals surface area contributed by atoms with Gasteiger partial charge in [-0.1, -0.05) is 0 Å². The lowest BCUT2D eigenvalue weighted by Crippen LogP contribution is -2.29. The van der Waals surface area contributed by atoms with E-state index in [0.29, 0.717) is 12.3 Å². The second-order valence-electron chi connectivity index (χ2n) is 5.23. The zero-order valence-corrected chi connectivity index (χ0v) is 13.6. The second kappa shape index (κ2) is 7.43. The molecule has 0 aliphatic carbocycles. The summed E-state index contributed by atoms with van der Waals surface area (Å²) in [5.74, 6) is 0.651. The van der Waals surface area contributed by atoms with E-state index in [-0.39, 0.29) is 12.9 Å². The first-order valence-corrected chi connectivity index (χ1v) is 8.37. The van der Waals surface area contributed by atoms with Crippen LogP contribution < -0.4 is 10.5 Å². The highest BCUT2D eigenvalue weighted by molar-refractivity contribution is 7.15. The van der Waals surface area contributed by atoms with Crippen LogP contribution in [0.25, 0.3) is 10.6 Å². The summed E-state index contributed by atoms with van der Waals surface area (Å²) < 4.78 is 10.5. The van der Waals surface area contributed by atoms with Crippen molar-refractivity contribution in [1.82, 2.24) is 9.88 Å². The number of likely N-dealkylation sites (tertiary alicyclic amines) is 1. The van der Waals surface area contributed by atoms with E-state index in [1.54, 1.807) is 22.4 Å². The fourth-order valence-electron chi connectivity index (χ4n) is 2.37. The SMILES string of the molecule is NCc1cnc(-c2ccc(OCOC(=O)N3CCCC3)cc2)s1. The molecule has 6 nitrogen and oxygen atoms in total. The monoisotopic (exact) mass is 333 g/mol. The van der Waals surface area contributed by atoms with Gasteiger partial charge < -0.3 is 20.1 Å². The lowest BCUT2D eigenvalue weighted by atomic mass is 10.2. The number of nitrogens with two attached hydrogens (primary N) is 1. The number of hydrogen-bond donors (Lipinski definition) is 1. The Balaban J connectivity index is 1.50. The average Bonchev–Trinajstić information content (AvgIpc) is 3.27. The molecule has 23 heavy (non-hydrogen) atoms. The van der Waals surface area contributed by atoms with E-state index in [0.717, 1.165) is 41.4 Å². The molecule has 122 valence electrons. The number of ether oxygens (including phenoxy) is 2. The largest absolute Gasteiger partial charge is 0.457 e. The van der Waals surface area contributed by atoms with Crippen molar-refractivity contribution < 1.29 is 14.3 Å². The molecule has 7 heteroatoms. The van der Waals surface area contributed by atoms with Crippen LogP contribution in [-0.2, 0) is 11.3 Å². The van der Waals surface area contributed by atoms with Crippen LogP contribution in [0.5, 0.6) is 5.75 Å². The minimum Gasteiger partial charge on any atom is -0.457 e. The van der Waals surface area contributed by atoms with Crippen molar-refractivity contribution in [3.05, 3.63) is 35.3 Å². The molecule has 0 spiro atoms.